The highest BCUT2D eigenvalue weighted by atomic mass is 16.8. The highest BCUT2D eigenvalue weighted by Crippen LogP contribution is 2.71. The van der Waals surface area contributed by atoms with Crippen LogP contribution in [-0.2, 0) is 37.9 Å². The van der Waals surface area contributed by atoms with Gasteiger partial charge in [-0.15, -0.1) is 0 Å². The average molecular weight is 1030 g/mol. The Bertz CT molecular complexity index is 1840. The molecule has 13 N–H and O–H groups in total. The Balaban J connectivity index is 0.820. The first-order chi connectivity index (χ1) is 34.2. The first-order valence-electron chi connectivity index (χ1n) is 26.8. The van der Waals surface area contributed by atoms with E-state index in [4.69, 9.17) is 37.9 Å². The second-order valence-electron chi connectivity index (χ2n) is 24.2. The van der Waals surface area contributed by atoms with Crippen molar-refractivity contribution in [3.05, 3.63) is 0 Å². The Kier molecular flexibility index (Phi) is 15.9. The monoisotopic (exact) mass is 1030 g/mol. The summed E-state index contributed by atoms with van der Waals surface area (Å²) in [7, 11) is 0. The van der Waals surface area contributed by atoms with Gasteiger partial charge in [0.25, 0.3) is 0 Å². The third kappa shape index (κ3) is 9.16. The van der Waals surface area contributed by atoms with Crippen molar-refractivity contribution in [2.24, 2.45) is 52.3 Å². The summed E-state index contributed by atoms with van der Waals surface area (Å²) in [5.74, 6) is 3.76. The third-order valence-electron chi connectivity index (χ3n) is 20.3. The normalized spacial score (nSPS) is 58.0. The summed E-state index contributed by atoms with van der Waals surface area (Å²) in [5.41, 5.74) is 0.346. The van der Waals surface area contributed by atoms with Gasteiger partial charge in [0.1, 0.15) is 91.6 Å². The van der Waals surface area contributed by atoms with Gasteiger partial charge < -0.3 is 104 Å². The number of aliphatic hydroxyl groups is 13. The topological polar surface area (TPSA) is 340 Å². The fourth-order valence-corrected chi connectivity index (χ4v) is 16.8. The van der Waals surface area contributed by atoms with Gasteiger partial charge in [-0.3, -0.25) is 4.90 Å². The Labute approximate surface area is 420 Å². The van der Waals surface area contributed by atoms with Crippen molar-refractivity contribution in [1.82, 2.24) is 4.90 Å². The van der Waals surface area contributed by atoms with Crippen LogP contribution >= 0.6 is 0 Å². The molecule has 0 aromatic carbocycles. The summed E-state index contributed by atoms with van der Waals surface area (Å²) in [5, 5.41) is 141. The van der Waals surface area contributed by atoms with Gasteiger partial charge in [-0.05, 0) is 110 Å². The first-order valence-corrected chi connectivity index (χ1v) is 26.8. The molecule has 22 heteroatoms. The summed E-state index contributed by atoms with van der Waals surface area (Å²) in [6.45, 7) is 7.82. The second-order valence-corrected chi connectivity index (χ2v) is 24.2. The number of hydrogen-bond acceptors (Lipinski definition) is 22. The summed E-state index contributed by atoms with van der Waals surface area (Å²) in [6.07, 6.45) is -24.4. The van der Waals surface area contributed by atoms with E-state index >= 15 is 0 Å². The quantitative estimate of drug-likeness (QED) is 0.0899. The summed E-state index contributed by atoms with van der Waals surface area (Å²) < 4.78 is 47.9. The fourth-order valence-electron chi connectivity index (χ4n) is 16.8. The molecule has 10 rings (SSSR count). The molecule has 32 atom stereocenters. The van der Waals surface area contributed by atoms with Crippen LogP contribution in [0.15, 0.2) is 0 Å². The van der Waals surface area contributed by atoms with Gasteiger partial charge in [0.05, 0.1) is 38.6 Å². The maximum atomic E-state index is 11.8. The van der Waals surface area contributed by atoms with Crippen molar-refractivity contribution in [2.45, 2.75) is 226 Å². The molecule has 6 aliphatic heterocycles. The van der Waals surface area contributed by atoms with Gasteiger partial charge in [-0.1, -0.05) is 27.7 Å². The summed E-state index contributed by atoms with van der Waals surface area (Å²) in [4.78, 5) is 2.71. The molecule has 72 heavy (non-hydrogen) atoms. The van der Waals surface area contributed by atoms with Gasteiger partial charge in [0.15, 0.2) is 25.2 Å². The van der Waals surface area contributed by atoms with Crippen LogP contribution in [-0.4, -0.2) is 245 Å². The lowest BCUT2D eigenvalue weighted by Crippen LogP contribution is -2.68. The van der Waals surface area contributed by atoms with Crippen LogP contribution in [0.3, 0.4) is 0 Å². The van der Waals surface area contributed by atoms with E-state index in [0.29, 0.717) is 53.9 Å². The van der Waals surface area contributed by atoms with Crippen LogP contribution in [0.25, 0.3) is 0 Å². The largest absolute Gasteiger partial charge is 0.394 e. The van der Waals surface area contributed by atoms with Gasteiger partial charge in [-0.25, -0.2) is 0 Å². The van der Waals surface area contributed by atoms with Gasteiger partial charge in [0.2, 0.25) is 0 Å². The molecule has 22 nitrogen and oxygen atoms in total. The summed E-state index contributed by atoms with van der Waals surface area (Å²) in [6, 6.07) is 0.785. The zero-order valence-corrected chi connectivity index (χ0v) is 41.7. The Hall–Kier alpha value is -0.880. The lowest BCUT2D eigenvalue weighted by Gasteiger charge is -2.61. The maximum Gasteiger partial charge on any atom is 0.187 e. The number of rotatable bonds is 11. The van der Waals surface area contributed by atoms with Crippen LogP contribution < -0.4 is 0 Å². The smallest absolute Gasteiger partial charge is 0.187 e. The lowest BCUT2D eigenvalue weighted by atomic mass is 9.44. The molecule has 6 saturated heterocycles. The molecule has 414 valence electrons. The molecule has 10 fully saturated rings. The van der Waals surface area contributed by atoms with Crippen LogP contribution in [0, 0.1) is 52.3 Å². The Morgan fingerprint density at radius 1 is 0.528 bits per heavy atom. The third-order valence-corrected chi connectivity index (χ3v) is 20.3. The Morgan fingerprint density at radius 3 is 1.86 bits per heavy atom. The van der Waals surface area contributed by atoms with E-state index < -0.39 is 143 Å². The van der Waals surface area contributed by atoms with Crippen molar-refractivity contribution in [3.63, 3.8) is 0 Å². The van der Waals surface area contributed by atoms with E-state index in [1.165, 1.54) is 19.3 Å². The number of hydrogen-bond donors (Lipinski definition) is 13. The second kappa shape index (κ2) is 21.1. The van der Waals surface area contributed by atoms with Gasteiger partial charge in [0, 0.05) is 18.6 Å². The number of fused-ring (bicyclic) bond motifs is 9. The number of piperidine rings is 1. The van der Waals surface area contributed by atoms with E-state index in [1.54, 1.807) is 0 Å². The molecule has 0 aromatic heterocycles. The van der Waals surface area contributed by atoms with E-state index in [-0.39, 0.29) is 29.1 Å². The molecule has 0 unspecified atom stereocenters. The molecule has 6 heterocycles. The lowest BCUT2D eigenvalue weighted by molar-refractivity contribution is -0.404. The standard InChI is InChI=1S/C50H83NO21/c1-19-11-27(55)33-20(2)32-26(51(33)14-19)13-25-23-6-5-21-12-22(7-9-49(21,3)24(23)8-10-50(25,32)4)66-46-41(64)38(61)42(31(17-54)69-46)70-48-44(72-47-40(63)37(60)35(58)29(15-52)67-47)43(36(59)30(16-53)68-48)71-45-39(62)34(57)28(56)18-65-45/h19-48,52-64H,5-18H2,1-4H3/t19-,20-,21-,22-,23+,24-,25+,26-,27-,28+,29+,30+,31+,32-,33-,34-,35+,36+,37-,38+,39+,40+,41+,42-,43-,44+,45-,46+,47-,48-,49-,50-/m0/s1. The number of ether oxygens (including phenoxy) is 8. The SMILES string of the molecule is C[C@H]1C[C@H](O)[C@@H]2[C@@H](C)[C@H]3[C@H](C[C@@H]4[C@@H]5CC[C@H]6C[C@@H](O[C@@H]7O[C@H](CO)[C@H](O[C@@H]8O[C@H](CO)[C@@H](O)[C@H](O[C@@H]9OC[C@@H](O)[C@H](O)[C@H]9O)[C@H]8O[C@@H]8O[C@H](CO)[C@@H](O)[C@H](O)[C@H]8O)[C@H](O)[C@H]7O)CC[C@]6(C)[C@H]5CC[C@]34C)N2C1. The minimum Gasteiger partial charge on any atom is -0.394 e. The van der Waals surface area contributed by atoms with Gasteiger partial charge >= 0.3 is 0 Å². The zero-order valence-electron chi connectivity index (χ0n) is 41.7. The van der Waals surface area contributed by atoms with Crippen molar-refractivity contribution in [2.75, 3.05) is 33.0 Å². The predicted octanol–water partition coefficient (Wildman–Crippen LogP) is -3.36. The summed E-state index contributed by atoms with van der Waals surface area (Å²) >= 11 is 0. The van der Waals surface area contributed by atoms with Crippen molar-refractivity contribution < 1.29 is 104 Å². The minimum absolute atomic E-state index is 0.0992. The van der Waals surface area contributed by atoms with Crippen molar-refractivity contribution >= 4 is 0 Å². The molecular formula is C50H83NO21. The molecule has 4 saturated carbocycles. The average Bonchev–Trinajstić information content (AvgIpc) is 3.83. The Morgan fingerprint density at radius 2 is 1.14 bits per heavy atom. The molecule has 0 aromatic rings. The zero-order chi connectivity index (χ0) is 51.5. The van der Waals surface area contributed by atoms with Crippen molar-refractivity contribution in [1.29, 1.82) is 0 Å². The molecular weight excluding hydrogens is 951 g/mol. The van der Waals surface area contributed by atoms with Crippen molar-refractivity contribution in [3.8, 4) is 0 Å². The minimum atomic E-state index is -2.00. The van der Waals surface area contributed by atoms with Crippen LogP contribution in [0.2, 0.25) is 0 Å². The van der Waals surface area contributed by atoms with Crippen LogP contribution in [0.4, 0.5) is 0 Å². The molecule has 10 aliphatic rings. The molecule has 0 spiro atoms. The predicted molar refractivity (Wildman–Crippen MR) is 244 cm³/mol. The number of nitrogens with zero attached hydrogens (tertiary/aromatic N) is 1. The van der Waals surface area contributed by atoms with Gasteiger partial charge in [-0.2, -0.15) is 0 Å². The first kappa shape index (κ1) is 54.5. The van der Waals surface area contributed by atoms with Crippen LogP contribution in [0.1, 0.15) is 85.5 Å². The maximum absolute atomic E-state index is 11.8. The molecule has 4 aliphatic carbocycles. The highest BCUT2D eigenvalue weighted by molar-refractivity contribution is 5.18. The number of aliphatic hydroxyl groups excluding tert-OH is 13. The van der Waals surface area contributed by atoms with E-state index in [0.717, 1.165) is 38.6 Å². The molecule has 0 amide bonds. The van der Waals surface area contributed by atoms with E-state index in [9.17, 15) is 66.4 Å². The molecule has 0 radical (unpaired) electrons. The highest BCUT2D eigenvalue weighted by Gasteiger charge is 2.68. The van der Waals surface area contributed by atoms with E-state index in [2.05, 4.69) is 32.6 Å². The molecule has 0 bridgehead atoms. The van der Waals surface area contributed by atoms with E-state index in [1.807, 2.05) is 0 Å². The fraction of sp³-hybridized carbons (Fsp3) is 1.00. The van der Waals surface area contributed by atoms with Crippen LogP contribution in [0.5, 0.6) is 0 Å².